The summed E-state index contributed by atoms with van der Waals surface area (Å²) in [6.45, 7) is 1.33. The van der Waals surface area contributed by atoms with E-state index >= 15 is 0 Å². The quantitative estimate of drug-likeness (QED) is 0.860. The van der Waals surface area contributed by atoms with Gasteiger partial charge in [0, 0.05) is 19.2 Å². The summed E-state index contributed by atoms with van der Waals surface area (Å²) in [6.07, 6.45) is 7.05. The van der Waals surface area contributed by atoms with Crippen LogP contribution in [0.2, 0.25) is 0 Å². The van der Waals surface area contributed by atoms with Crippen LogP contribution in [0.3, 0.4) is 0 Å². The molecule has 1 aromatic heterocycles. The van der Waals surface area contributed by atoms with Gasteiger partial charge >= 0.3 is 0 Å². The molecule has 1 heterocycles. The van der Waals surface area contributed by atoms with Gasteiger partial charge in [0.05, 0.1) is 25.0 Å². The van der Waals surface area contributed by atoms with Gasteiger partial charge in [-0.25, -0.2) is 0 Å². The number of anilines is 1. The third-order valence-electron chi connectivity index (χ3n) is 4.04. The van der Waals surface area contributed by atoms with Crippen LogP contribution in [0, 0.1) is 17.8 Å². The van der Waals surface area contributed by atoms with Gasteiger partial charge in [0.2, 0.25) is 5.91 Å². The maximum absolute atomic E-state index is 12.0. The fourth-order valence-electron chi connectivity index (χ4n) is 2.91. The number of nitrogens with zero attached hydrogens (tertiary/aromatic N) is 2. The average molecular weight is 249 g/mol. The average Bonchev–Trinajstić information content (AvgIpc) is 2.79. The van der Waals surface area contributed by atoms with Crippen molar-refractivity contribution in [3.8, 4) is 0 Å². The summed E-state index contributed by atoms with van der Waals surface area (Å²) >= 11 is 0. The van der Waals surface area contributed by atoms with E-state index in [4.69, 9.17) is 4.74 Å². The summed E-state index contributed by atoms with van der Waals surface area (Å²) < 4.78 is 6.77. The van der Waals surface area contributed by atoms with Crippen LogP contribution in [0.4, 0.5) is 5.69 Å². The molecular weight excluding hydrogens is 230 g/mol. The Bertz CT molecular complexity index is 433. The maximum atomic E-state index is 12.0. The Morgan fingerprint density at radius 3 is 3.00 bits per heavy atom. The van der Waals surface area contributed by atoms with Crippen molar-refractivity contribution in [1.82, 2.24) is 9.78 Å². The molecule has 0 aliphatic heterocycles. The van der Waals surface area contributed by atoms with E-state index in [0.29, 0.717) is 13.2 Å². The smallest absolute Gasteiger partial charge is 0.227 e. The Hall–Kier alpha value is -1.36. The zero-order chi connectivity index (χ0) is 12.5. The van der Waals surface area contributed by atoms with Crippen LogP contribution in [0.15, 0.2) is 12.4 Å². The van der Waals surface area contributed by atoms with E-state index in [1.165, 1.54) is 6.42 Å². The van der Waals surface area contributed by atoms with Crippen molar-refractivity contribution in [1.29, 1.82) is 0 Å². The molecule has 5 nitrogen and oxygen atoms in total. The van der Waals surface area contributed by atoms with Gasteiger partial charge in [-0.3, -0.25) is 9.48 Å². The van der Waals surface area contributed by atoms with Crippen molar-refractivity contribution in [2.24, 2.45) is 17.8 Å². The summed E-state index contributed by atoms with van der Waals surface area (Å²) in [5, 5.41) is 7.14. The van der Waals surface area contributed by atoms with E-state index in [9.17, 15) is 4.79 Å². The third-order valence-corrected chi connectivity index (χ3v) is 4.04. The molecule has 2 fully saturated rings. The minimum absolute atomic E-state index is 0.161. The number of ether oxygens (including phenoxy) is 1. The molecule has 5 heteroatoms. The number of carbonyl (C=O) groups excluding carboxylic acids is 1. The summed E-state index contributed by atoms with van der Waals surface area (Å²) in [5.74, 6) is 2.06. The summed E-state index contributed by atoms with van der Waals surface area (Å²) in [6, 6.07) is 0. The van der Waals surface area contributed by atoms with Crippen molar-refractivity contribution in [2.45, 2.75) is 25.8 Å². The van der Waals surface area contributed by atoms with Gasteiger partial charge in [-0.1, -0.05) is 0 Å². The maximum Gasteiger partial charge on any atom is 0.227 e. The number of hydrogen-bond donors (Lipinski definition) is 1. The van der Waals surface area contributed by atoms with E-state index in [1.807, 2.05) is 6.20 Å². The molecule has 18 heavy (non-hydrogen) atoms. The van der Waals surface area contributed by atoms with Crippen molar-refractivity contribution in [3.63, 3.8) is 0 Å². The molecule has 2 saturated carbocycles. The highest BCUT2D eigenvalue weighted by molar-refractivity contribution is 5.92. The van der Waals surface area contributed by atoms with E-state index in [0.717, 1.165) is 30.4 Å². The molecule has 0 saturated heterocycles. The second-order valence-corrected chi connectivity index (χ2v) is 5.40. The molecule has 98 valence electrons. The van der Waals surface area contributed by atoms with Gasteiger partial charge in [0.25, 0.3) is 0 Å². The minimum atomic E-state index is 0.161. The molecule has 2 aliphatic carbocycles. The Morgan fingerprint density at radius 2 is 2.28 bits per heavy atom. The third kappa shape index (κ3) is 2.41. The molecule has 0 radical (unpaired) electrons. The number of amides is 1. The number of nitrogens with one attached hydrogen (secondary N) is 1. The molecule has 1 amide bonds. The van der Waals surface area contributed by atoms with Gasteiger partial charge in [0.1, 0.15) is 0 Å². The van der Waals surface area contributed by atoms with Crippen LogP contribution < -0.4 is 5.32 Å². The van der Waals surface area contributed by atoms with Crippen molar-refractivity contribution in [2.75, 3.05) is 19.0 Å². The lowest BCUT2D eigenvalue weighted by molar-refractivity contribution is -0.120. The van der Waals surface area contributed by atoms with Crippen molar-refractivity contribution < 1.29 is 9.53 Å². The number of carbonyl (C=O) groups is 1. The van der Waals surface area contributed by atoms with Gasteiger partial charge in [-0.2, -0.15) is 5.10 Å². The zero-order valence-corrected chi connectivity index (χ0v) is 10.6. The Labute approximate surface area is 107 Å². The fraction of sp³-hybridized carbons (Fsp3) is 0.692. The molecule has 0 bridgehead atoms. The zero-order valence-electron chi connectivity index (χ0n) is 10.6. The van der Waals surface area contributed by atoms with E-state index < -0.39 is 0 Å². The van der Waals surface area contributed by atoms with Crippen LogP contribution in [0.5, 0.6) is 0 Å². The number of methoxy groups -OCH3 is 1. The summed E-state index contributed by atoms with van der Waals surface area (Å²) in [5.41, 5.74) is 0.789. The largest absolute Gasteiger partial charge is 0.383 e. The molecule has 0 spiro atoms. The topological polar surface area (TPSA) is 56.1 Å². The predicted octanol–water partition coefficient (Wildman–Crippen LogP) is 1.51. The van der Waals surface area contributed by atoms with Crippen LogP contribution in [-0.4, -0.2) is 29.4 Å². The van der Waals surface area contributed by atoms with Crippen molar-refractivity contribution in [3.05, 3.63) is 12.4 Å². The van der Waals surface area contributed by atoms with E-state index in [-0.39, 0.29) is 11.8 Å². The SMILES string of the molecule is COCCn1cc(NC(=O)C2CC3CC3C2)cn1. The first-order chi connectivity index (χ1) is 8.76. The first-order valence-electron chi connectivity index (χ1n) is 6.58. The lowest BCUT2D eigenvalue weighted by Gasteiger charge is -2.10. The van der Waals surface area contributed by atoms with Crippen LogP contribution in [-0.2, 0) is 16.1 Å². The molecule has 3 rings (SSSR count). The lowest BCUT2D eigenvalue weighted by atomic mass is 10.0. The van der Waals surface area contributed by atoms with Gasteiger partial charge < -0.3 is 10.1 Å². The standard InChI is InChI=1S/C13H19N3O2/c1-18-3-2-16-8-12(7-14-16)15-13(17)11-5-9-4-10(9)6-11/h7-11H,2-6H2,1H3,(H,15,17). The number of hydrogen-bond acceptors (Lipinski definition) is 3. The van der Waals surface area contributed by atoms with E-state index in [2.05, 4.69) is 10.4 Å². The lowest BCUT2D eigenvalue weighted by Crippen LogP contribution is -2.21. The van der Waals surface area contributed by atoms with Crippen LogP contribution in [0.1, 0.15) is 19.3 Å². The summed E-state index contributed by atoms with van der Waals surface area (Å²) in [7, 11) is 1.66. The molecule has 2 atom stereocenters. The van der Waals surface area contributed by atoms with Gasteiger partial charge in [-0.15, -0.1) is 0 Å². The normalized spacial score (nSPS) is 29.1. The molecule has 1 N–H and O–H groups in total. The fourth-order valence-corrected chi connectivity index (χ4v) is 2.91. The second kappa shape index (κ2) is 4.72. The molecule has 2 unspecified atom stereocenters. The molecule has 2 aliphatic rings. The van der Waals surface area contributed by atoms with Crippen molar-refractivity contribution >= 4 is 11.6 Å². The monoisotopic (exact) mass is 249 g/mol. The minimum Gasteiger partial charge on any atom is -0.383 e. The highest BCUT2D eigenvalue weighted by atomic mass is 16.5. The van der Waals surface area contributed by atoms with E-state index in [1.54, 1.807) is 18.0 Å². The molecule has 0 aromatic carbocycles. The predicted molar refractivity (Wildman–Crippen MR) is 67.1 cm³/mol. The Kier molecular flexibility index (Phi) is 3.07. The highest BCUT2D eigenvalue weighted by Crippen LogP contribution is 2.54. The van der Waals surface area contributed by atoms with Crippen LogP contribution in [0.25, 0.3) is 0 Å². The molecular formula is C13H19N3O2. The Balaban J connectivity index is 1.52. The number of aromatic nitrogens is 2. The van der Waals surface area contributed by atoms with Gasteiger partial charge in [-0.05, 0) is 31.1 Å². The highest BCUT2D eigenvalue weighted by Gasteiger charge is 2.47. The van der Waals surface area contributed by atoms with Gasteiger partial charge in [0.15, 0.2) is 0 Å². The Morgan fingerprint density at radius 1 is 1.50 bits per heavy atom. The first-order valence-corrected chi connectivity index (χ1v) is 6.58. The first kappa shape index (κ1) is 11.7. The number of fused-ring (bicyclic) bond motifs is 1. The second-order valence-electron chi connectivity index (χ2n) is 5.40. The van der Waals surface area contributed by atoms with Crippen LogP contribution >= 0.6 is 0 Å². The summed E-state index contributed by atoms with van der Waals surface area (Å²) in [4.78, 5) is 12.0. The molecule has 1 aromatic rings. The number of rotatable bonds is 5.